The maximum absolute atomic E-state index is 14.1. The molecule has 6 heteroatoms. The third kappa shape index (κ3) is 3.59. The third-order valence-corrected chi connectivity index (χ3v) is 4.22. The number of carbonyl (C=O) groups excluding carboxylic acids is 1. The largest absolute Gasteiger partial charge is 0.348 e. The molecule has 122 valence electrons. The van der Waals surface area contributed by atoms with E-state index >= 15 is 0 Å². The van der Waals surface area contributed by atoms with Crippen molar-refractivity contribution in [1.29, 1.82) is 0 Å². The predicted molar refractivity (Wildman–Crippen MR) is 85.0 cm³/mol. The number of benzene rings is 1. The monoisotopic (exact) mass is 316 g/mol. The third-order valence-electron chi connectivity index (χ3n) is 4.22. The molecule has 0 aliphatic carbocycles. The number of nitrogens with one attached hydrogen (secondary N) is 2. The van der Waals surface area contributed by atoms with Crippen molar-refractivity contribution in [3.8, 4) is 0 Å². The van der Waals surface area contributed by atoms with Crippen molar-refractivity contribution in [2.45, 2.75) is 44.9 Å². The molecule has 2 N–H and O–H groups in total. The molecule has 1 aromatic heterocycles. The molecule has 1 fully saturated rings. The van der Waals surface area contributed by atoms with Crippen LogP contribution in [-0.4, -0.2) is 21.7 Å². The van der Waals surface area contributed by atoms with Crippen LogP contribution in [0.1, 0.15) is 36.9 Å². The average Bonchev–Trinajstić information content (AvgIpc) is 3.02. The molecule has 1 amide bonds. The summed E-state index contributed by atoms with van der Waals surface area (Å²) in [5.74, 6) is -0.319. The second-order valence-electron chi connectivity index (χ2n) is 5.80. The second-order valence-corrected chi connectivity index (χ2v) is 5.80. The molecule has 0 bridgehead atoms. The van der Waals surface area contributed by atoms with Gasteiger partial charge < -0.3 is 10.6 Å². The first kappa shape index (κ1) is 15.7. The summed E-state index contributed by atoms with van der Waals surface area (Å²) in [6.07, 6.45) is 4.96. The van der Waals surface area contributed by atoms with Crippen molar-refractivity contribution < 1.29 is 9.18 Å². The van der Waals surface area contributed by atoms with Gasteiger partial charge in [0.2, 0.25) is 5.91 Å². The zero-order chi connectivity index (χ0) is 16.2. The predicted octanol–water partition coefficient (Wildman–Crippen LogP) is 2.15. The number of piperidine rings is 1. The Morgan fingerprint density at radius 1 is 1.43 bits per heavy atom. The number of aromatic nitrogens is 2. The zero-order valence-electron chi connectivity index (χ0n) is 13.1. The quantitative estimate of drug-likeness (QED) is 0.888. The summed E-state index contributed by atoms with van der Waals surface area (Å²) in [5, 5.41) is 10.6. The molecule has 0 spiro atoms. The number of hydrogen-bond donors (Lipinski definition) is 2. The van der Waals surface area contributed by atoms with Crippen molar-refractivity contribution in [3.63, 3.8) is 0 Å². The van der Waals surface area contributed by atoms with E-state index in [4.69, 9.17) is 0 Å². The van der Waals surface area contributed by atoms with E-state index in [9.17, 15) is 9.18 Å². The molecule has 0 saturated carbocycles. The molecule has 0 unspecified atom stereocenters. The zero-order valence-corrected chi connectivity index (χ0v) is 13.1. The maximum atomic E-state index is 14.1. The fraction of sp³-hybridized carbons (Fsp3) is 0.412. The van der Waals surface area contributed by atoms with Crippen LogP contribution < -0.4 is 10.6 Å². The molecule has 1 aliphatic heterocycles. The molecule has 23 heavy (non-hydrogen) atoms. The van der Waals surface area contributed by atoms with Gasteiger partial charge in [-0.3, -0.25) is 9.48 Å². The lowest BCUT2D eigenvalue weighted by Crippen LogP contribution is -2.48. The Morgan fingerprint density at radius 2 is 2.26 bits per heavy atom. The number of carbonyl (C=O) groups is 1. The van der Waals surface area contributed by atoms with Crippen LogP contribution in [0.25, 0.3) is 0 Å². The van der Waals surface area contributed by atoms with Gasteiger partial charge in [0.1, 0.15) is 5.82 Å². The normalized spacial score (nSPS) is 21.2. The van der Waals surface area contributed by atoms with Gasteiger partial charge in [0.15, 0.2) is 0 Å². The fourth-order valence-electron chi connectivity index (χ4n) is 2.96. The van der Waals surface area contributed by atoms with Crippen LogP contribution in [0.2, 0.25) is 0 Å². The van der Waals surface area contributed by atoms with E-state index in [1.807, 2.05) is 24.0 Å². The van der Waals surface area contributed by atoms with Crippen LogP contribution in [0.3, 0.4) is 0 Å². The number of amides is 1. The first-order valence-electron chi connectivity index (χ1n) is 7.96. The second kappa shape index (κ2) is 6.91. The van der Waals surface area contributed by atoms with E-state index in [2.05, 4.69) is 15.7 Å². The summed E-state index contributed by atoms with van der Waals surface area (Å²) in [6.45, 7) is 3.51. The highest BCUT2D eigenvalue weighted by Gasteiger charge is 2.31. The van der Waals surface area contributed by atoms with Crippen LogP contribution >= 0.6 is 0 Å². The van der Waals surface area contributed by atoms with Crippen molar-refractivity contribution >= 4 is 5.91 Å². The van der Waals surface area contributed by atoms with E-state index in [0.29, 0.717) is 24.9 Å². The smallest absolute Gasteiger partial charge is 0.220 e. The van der Waals surface area contributed by atoms with Crippen molar-refractivity contribution in [2.75, 3.05) is 0 Å². The van der Waals surface area contributed by atoms with Gasteiger partial charge in [-0.05, 0) is 19.4 Å². The number of nitrogens with zero attached hydrogens (tertiary/aromatic N) is 2. The SMILES string of the molecule is CCn1cc(CN[C@@H]2CCC(=O)N[C@H]2c2ccccc2F)cn1. The molecule has 2 heterocycles. The van der Waals surface area contributed by atoms with Crippen molar-refractivity contribution in [2.24, 2.45) is 0 Å². The van der Waals surface area contributed by atoms with Gasteiger partial charge in [-0.2, -0.15) is 5.10 Å². The van der Waals surface area contributed by atoms with E-state index in [-0.39, 0.29) is 23.8 Å². The molecule has 2 aromatic rings. The molecule has 2 atom stereocenters. The van der Waals surface area contributed by atoms with E-state index in [1.165, 1.54) is 6.07 Å². The summed E-state index contributed by atoms with van der Waals surface area (Å²) in [6, 6.07) is 6.26. The van der Waals surface area contributed by atoms with Crippen molar-refractivity contribution in [1.82, 2.24) is 20.4 Å². The first-order valence-corrected chi connectivity index (χ1v) is 7.96. The number of hydrogen-bond acceptors (Lipinski definition) is 3. The van der Waals surface area contributed by atoms with Gasteiger partial charge >= 0.3 is 0 Å². The highest BCUT2D eigenvalue weighted by molar-refractivity contribution is 5.77. The van der Waals surface area contributed by atoms with Gasteiger partial charge in [-0.15, -0.1) is 0 Å². The van der Waals surface area contributed by atoms with Crippen molar-refractivity contribution in [3.05, 3.63) is 53.6 Å². The summed E-state index contributed by atoms with van der Waals surface area (Å²) >= 11 is 0. The molecule has 1 aromatic carbocycles. The van der Waals surface area contributed by atoms with Gasteiger partial charge in [-0.1, -0.05) is 18.2 Å². The lowest BCUT2D eigenvalue weighted by Gasteiger charge is -2.33. The molecule has 1 saturated heterocycles. The van der Waals surface area contributed by atoms with Gasteiger partial charge in [0.05, 0.1) is 12.2 Å². The van der Waals surface area contributed by atoms with Crippen LogP contribution in [0.15, 0.2) is 36.7 Å². The Balaban J connectivity index is 1.73. The molecule has 5 nitrogen and oxygen atoms in total. The fourth-order valence-corrected chi connectivity index (χ4v) is 2.96. The summed E-state index contributed by atoms with van der Waals surface area (Å²) in [7, 11) is 0. The van der Waals surface area contributed by atoms with E-state index in [1.54, 1.807) is 18.2 Å². The minimum atomic E-state index is -0.348. The number of halogens is 1. The highest BCUT2D eigenvalue weighted by Crippen LogP contribution is 2.26. The van der Waals surface area contributed by atoms with E-state index < -0.39 is 0 Å². The Kier molecular flexibility index (Phi) is 4.71. The summed E-state index contributed by atoms with van der Waals surface area (Å²) in [5.41, 5.74) is 1.61. The Labute approximate surface area is 134 Å². The van der Waals surface area contributed by atoms with Crippen LogP contribution in [-0.2, 0) is 17.9 Å². The first-order chi connectivity index (χ1) is 11.2. The maximum Gasteiger partial charge on any atom is 0.220 e. The lowest BCUT2D eigenvalue weighted by molar-refractivity contribution is -0.123. The highest BCUT2D eigenvalue weighted by atomic mass is 19.1. The molecular formula is C17H21FN4O. The Morgan fingerprint density at radius 3 is 3.00 bits per heavy atom. The standard InChI is InChI=1S/C17H21FN4O/c1-2-22-11-12(10-20-22)9-19-15-7-8-16(23)21-17(15)13-5-3-4-6-14(13)18/h3-6,10-11,15,17,19H,2,7-9H2,1H3,(H,21,23)/t15-,17+/m1/s1. The Bertz CT molecular complexity index is 685. The number of rotatable bonds is 5. The number of aryl methyl sites for hydroxylation is 1. The Hall–Kier alpha value is -2.21. The van der Waals surface area contributed by atoms with Crippen LogP contribution in [0, 0.1) is 5.82 Å². The van der Waals surface area contributed by atoms with Gasteiger partial charge in [-0.25, -0.2) is 4.39 Å². The van der Waals surface area contributed by atoms with E-state index in [0.717, 1.165) is 12.1 Å². The van der Waals surface area contributed by atoms with Gasteiger partial charge in [0.25, 0.3) is 0 Å². The van der Waals surface area contributed by atoms with Gasteiger partial charge in [0, 0.05) is 42.9 Å². The van der Waals surface area contributed by atoms with Crippen LogP contribution in [0.5, 0.6) is 0 Å². The summed E-state index contributed by atoms with van der Waals surface area (Å²) < 4.78 is 16.0. The lowest BCUT2D eigenvalue weighted by atomic mass is 9.91. The molecule has 1 aliphatic rings. The summed E-state index contributed by atoms with van der Waals surface area (Å²) in [4.78, 5) is 11.7. The minimum Gasteiger partial charge on any atom is -0.348 e. The molecular weight excluding hydrogens is 295 g/mol. The molecule has 3 rings (SSSR count). The molecule has 0 radical (unpaired) electrons. The topological polar surface area (TPSA) is 59.0 Å². The average molecular weight is 316 g/mol. The van der Waals surface area contributed by atoms with Crippen LogP contribution in [0.4, 0.5) is 4.39 Å². The minimum absolute atomic E-state index is 0.00502.